The van der Waals surface area contributed by atoms with Crippen LogP contribution in [0.15, 0.2) is 224 Å². The Balaban J connectivity index is 1.02. The van der Waals surface area contributed by atoms with E-state index in [2.05, 4.69) is 243 Å². The molecule has 0 radical (unpaired) electrons. The van der Waals surface area contributed by atoms with Gasteiger partial charge in [0.15, 0.2) is 0 Å². The molecule has 10 aromatic carbocycles. The van der Waals surface area contributed by atoms with Crippen LogP contribution in [0.1, 0.15) is 75.9 Å². The monoisotopic (exact) mass is 865 g/mol. The van der Waals surface area contributed by atoms with E-state index in [1.54, 1.807) is 0 Å². The molecule has 0 heterocycles. The summed E-state index contributed by atoms with van der Waals surface area (Å²) in [6.07, 6.45) is 2.12. The van der Waals surface area contributed by atoms with E-state index in [-0.39, 0.29) is 10.8 Å². The summed E-state index contributed by atoms with van der Waals surface area (Å²) >= 11 is 0. The van der Waals surface area contributed by atoms with E-state index in [9.17, 15) is 0 Å². The van der Waals surface area contributed by atoms with Crippen LogP contribution in [0.3, 0.4) is 0 Å². The lowest BCUT2D eigenvalue weighted by Gasteiger charge is -2.34. The number of aryl methyl sites for hydroxylation is 1. The second kappa shape index (κ2) is 13.6. The van der Waals surface area contributed by atoms with Crippen molar-refractivity contribution in [1.29, 1.82) is 0 Å². The van der Waals surface area contributed by atoms with Gasteiger partial charge in [0.05, 0.1) is 11.1 Å². The second-order valence-corrected chi connectivity index (χ2v) is 20.2. The fraction of sp³-hybridized carbons (Fsp3) is 0.104. The lowest BCUT2D eigenvalue weighted by molar-refractivity contribution is 0.626. The summed E-state index contributed by atoms with van der Waals surface area (Å²) in [5.41, 5.74) is 29.7. The standard InChI is InChI=1S/C67H47N/c1-65(2)56-28-11-4-23-49(56)53-25-17-26-54(64(53)65)52-24-9-16-33-63(52)68(43-34-36-50-45-19-5-12-29-57(45)66(61(50)40-43)39-38-42-18-3-10-27-55(42)66)44-35-37-51-48-22-8-15-32-60(48)67(62(51)41-44)58-30-13-6-20-46(58)47-21-7-14-31-59(47)67/h3-37,40-41H,38-39H2,1-2H3. The van der Waals surface area contributed by atoms with Gasteiger partial charge in [-0.3, -0.25) is 0 Å². The summed E-state index contributed by atoms with van der Waals surface area (Å²) in [7, 11) is 0. The van der Waals surface area contributed by atoms with Crippen LogP contribution < -0.4 is 4.90 Å². The number of hydrogen-bond donors (Lipinski definition) is 0. The van der Waals surface area contributed by atoms with Gasteiger partial charge in [0.2, 0.25) is 0 Å². The molecule has 2 spiro atoms. The maximum atomic E-state index is 2.60. The van der Waals surface area contributed by atoms with E-state index in [1.165, 1.54) is 123 Å². The van der Waals surface area contributed by atoms with Crippen LogP contribution in [-0.2, 0) is 22.7 Å². The number of benzene rings is 10. The van der Waals surface area contributed by atoms with Crippen LogP contribution >= 0.6 is 0 Å². The molecule has 10 aromatic rings. The third kappa shape index (κ3) is 4.66. The smallest absolute Gasteiger partial charge is 0.0726 e. The molecule has 68 heavy (non-hydrogen) atoms. The maximum absolute atomic E-state index is 2.60. The molecule has 0 saturated carbocycles. The number of anilines is 3. The number of hydrogen-bond acceptors (Lipinski definition) is 1. The van der Waals surface area contributed by atoms with Gasteiger partial charge in [0.1, 0.15) is 0 Å². The van der Waals surface area contributed by atoms with Crippen LogP contribution in [0.5, 0.6) is 0 Å². The molecule has 15 rings (SSSR count). The van der Waals surface area contributed by atoms with E-state index < -0.39 is 5.41 Å². The highest BCUT2D eigenvalue weighted by atomic mass is 15.1. The molecule has 0 aromatic heterocycles. The minimum Gasteiger partial charge on any atom is -0.310 e. The zero-order valence-electron chi connectivity index (χ0n) is 38.2. The summed E-state index contributed by atoms with van der Waals surface area (Å²) in [6.45, 7) is 4.82. The summed E-state index contributed by atoms with van der Waals surface area (Å²) in [5, 5.41) is 0. The highest BCUT2D eigenvalue weighted by molar-refractivity contribution is 5.99. The van der Waals surface area contributed by atoms with Gasteiger partial charge in [-0.25, -0.2) is 0 Å². The Hall–Kier alpha value is -8.00. The Kier molecular flexibility index (Phi) is 7.60. The van der Waals surface area contributed by atoms with Gasteiger partial charge < -0.3 is 4.90 Å². The molecule has 0 aliphatic heterocycles. The van der Waals surface area contributed by atoms with E-state index in [0.717, 1.165) is 18.5 Å². The first-order valence-corrected chi connectivity index (χ1v) is 24.4. The van der Waals surface area contributed by atoms with Crippen molar-refractivity contribution in [2.24, 2.45) is 0 Å². The predicted octanol–water partition coefficient (Wildman–Crippen LogP) is 16.7. The van der Waals surface area contributed by atoms with Crippen LogP contribution in [0, 0.1) is 0 Å². The summed E-state index contributed by atoms with van der Waals surface area (Å²) < 4.78 is 0. The first-order chi connectivity index (χ1) is 33.5. The van der Waals surface area contributed by atoms with E-state index in [0.29, 0.717) is 0 Å². The largest absolute Gasteiger partial charge is 0.310 e. The van der Waals surface area contributed by atoms with E-state index in [1.807, 2.05) is 0 Å². The zero-order chi connectivity index (χ0) is 44.9. The van der Waals surface area contributed by atoms with Crippen LogP contribution in [0.4, 0.5) is 17.1 Å². The topological polar surface area (TPSA) is 3.24 Å². The van der Waals surface area contributed by atoms with Crippen molar-refractivity contribution in [3.05, 3.63) is 280 Å². The molecular weight excluding hydrogens is 819 g/mol. The number of rotatable bonds is 4. The molecule has 1 atom stereocenters. The van der Waals surface area contributed by atoms with Crippen molar-refractivity contribution >= 4 is 17.1 Å². The molecule has 0 saturated heterocycles. The number of fused-ring (bicyclic) bond motifs is 20. The molecular formula is C67H47N. The minimum absolute atomic E-state index is 0.183. The van der Waals surface area contributed by atoms with E-state index >= 15 is 0 Å². The average Bonchev–Trinajstić information content (AvgIpc) is 4.15. The van der Waals surface area contributed by atoms with Gasteiger partial charge in [0.25, 0.3) is 0 Å². The molecule has 320 valence electrons. The van der Waals surface area contributed by atoms with Crippen molar-refractivity contribution < 1.29 is 0 Å². The molecule has 1 heteroatoms. The van der Waals surface area contributed by atoms with Gasteiger partial charge in [-0.05, 0) is 149 Å². The highest BCUT2D eigenvalue weighted by Crippen LogP contribution is 2.64. The Labute approximate surface area is 398 Å². The van der Waals surface area contributed by atoms with Gasteiger partial charge >= 0.3 is 0 Å². The van der Waals surface area contributed by atoms with Crippen molar-refractivity contribution in [2.45, 2.75) is 42.9 Å². The van der Waals surface area contributed by atoms with Crippen LogP contribution in [-0.4, -0.2) is 0 Å². The molecule has 5 aliphatic carbocycles. The van der Waals surface area contributed by atoms with Gasteiger partial charge in [-0.2, -0.15) is 0 Å². The third-order valence-corrected chi connectivity index (χ3v) is 16.9. The summed E-state index contributed by atoms with van der Waals surface area (Å²) in [6, 6.07) is 85.9. The van der Waals surface area contributed by atoms with Crippen LogP contribution in [0.2, 0.25) is 0 Å². The van der Waals surface area contributed by atoms with Crippen molar-refractivity contribution in [3.8, 4) is 55.6 Å². The van der Waals surface area contributed by atoms with Crippen molar-refractivity contribution in [1.82, 2.24) is 0 Å². The Bertz CT molecular complexity index is 3750. The quantitative estimate of drug-likeness (QED) is 0.170. The lowest BCUT2D eigenvalue weighted by Crippen LogP contribution is -2.26. The Morgan fingerprint density at radius 2 is 0.735 bits per heavy atom. The van der Waals surface area contributed by atoms with Crippen LogP contribution in [0.25, 0.3) is 55.6 Å². The normalized spacial score (nSPS) is 17.1. The summed E-state index contributed by atoms with van der Waals surface area (Å²) in [4.78, 5) is 2.60. The molecule has 0 amide bonds. The van der Waals surface area contributed by atoms with E-state index in [4.69, 9.17) is 0 Å². The number of nitrogens with zero attached hydrogens (tertiary/aromatic N) is 1. The Morgan fingerprint density at radius 1 is 0.324 bits per heavy atom. The van der Waals surface area contributed by atoms with Crippen molar-refractivity contribution in [3.63, 3.8) is 0 Å². The fourth-order valence-corrected chi connectivity index (χ4v) is 14.3. The first kappa shape index (κ1) is 38.1. The van der Waals surface area contributed by atoms with Crippen molar-refractivity contribution in [2.75, 3.05) is 4.90 Å². The number of para-hydroxylation sites is 1. The third-order valence-electron chi connectivity index (χ3n) is 16.9. The summed E-state index contributed by atoms with van der Waals surface area (Å²) in [5.74, 6) is 0. The molecule has 0 bridgehead atoms. The second-order valence-electron chi connectivity index (χ2n) is 20.2. The van der Waals surface area contributed by atoms with Gasteiger partial charge in [-0.15, -0.1) is 0 Å². The van der Waals surface area contributed by atoms with Gasteiger partial charge in [-0.1, -0.05) is 208 Å². The Morgan fingerprint density at radius 3 is 1.35 bits per heavy atom. The zero-order valence-corrected chi connectivity index (χ0v) is 38.2. The SMILES string of the molecule is CC1(C)c2ccccc2-c2cccc(-c3ccccc3N(c3ccc4c(c3)C3(CCc5ccccc53)c3ccccc3-4)c3ccc4c(c3)C3(c5ccccc5-c5ccccc53)c3ccccc3-4)c21. The molecule has 0 N–H and O–H groups in total. The average molecular weight is 866 g/mol. The molecule has 1 nitrogen and oxygen atoms in total. The lowest BCUT2D eigenvalue weighted by atomic mass is 9.70. The predicted molar refractivity (Wildman–Crippen MR) is 281 cm³/mol. The fourth-order valence-electron chi connectivity index (χ4n) is 14.3. The first-order valence-electron chi connectivity index (χ1n) is 24.4. The maximum Gasteiger partial charge on any atom is 0.0726 e. The van der Waals surface area contributed by atoms with Gasteiger partial charge in [0, 0.05) is 27.8 Å². The molecule has 0 fully saturated rings. The highest BCUT2D eigenvalue weighted by Gasteiger charge is 2.52. The minimum atomic E-state index is -0.465. The molecule has 1 unspecified atom stereocenters. The molecule has 5 aliphatic rings.